The first kappa shape index (κ1) is 13.7. The molecular formula is C12H12F3NO3. The molecule has 2 rings (SSSR count). The van der Waals surface area contributed by atoms with Crippen LogP contribution in [0.1, 0.15) is 12.0 Å². The number of β-amino-alcohol motifs (C(OH)–C–C–N with tert-alkyl or cyclic N) is 1. The molecule has 1 unspecified atom stereocenters. The van der Waals surface area contributed by atoms with Gasteiger partial charge in [-0.2, -0.15) is 0 Å². The van der Waals surface area contributed by atoms with Crippen molar-refractivity contribution in [1.82, 2.24) is 0 Å². The number of anilines is 1. The van der Waals surface area contributed by atoms with Crippen LogP contribution in [0.15, 0.2) is 18.2 Å². The summed E-state index contributed by atoms with van der Waals surface area (Å²) in [5, 5.41) is 9.39. The molecule has 0 aliphatic carbocycles. The molecule has 0 aromatic heterocycles. The van der Waals surface area contributed by atoms with Crippen molar-refractivity contribution in [3.8, 4) is 5.75 Å². The van der Waals surface area contributed by atoms with E-state index in [1.165, 1.54) is 17.0 Å². The summed E-state index contributed by atoms with van der Waals surface area (Å²) < 4.78 is 40.0. The maximum Gasteiger partial charge on any atom is 0.573 e. The predicted octanol–water partition coefficient (Wildman–Crippen LogP) is 1.99. The Balaban J connectivity index is 2.22. The molecule has 4 nitrogen and oxygen atoms in total. The van der Waals surface area contributed by atoms with Crippen molar-refractivity contribution in [3.05, 3.63) is 23.8 Å². The number of alkyl halides is 3. The summed E-state index contributed by atoms with van der Waals surface area (Å²) in [4.78, 5) is 13.0. The van der Waals surface area contributed by atoms with Crippen LogP contribution < -0.4 is 9.64 Å². The van der Waals surface area contributed by atoms with Gasteiger partial charge in [0.1, 0.15) is 5.75 Å². The van der Waals surface area contributed by atoms with Crippen molar-refractivity contribution in [2.75, 3.05) is 11.4 Å². The molecule has 0 radical (unpaired) electrons. The first-order chi connectivity index (χ1) is 8.76. The molecule has 1 aromatic carbocycles. The van der Waals surface area contributed by atoms with Crippen LogP contribution in [0.3, 0.4) is 0 Å². The summed E-state index contributed by atoms with van der Waals surface area (Å²) in [6.07, 6.45) is -5.45. The van der Waals surface area contributed by atoms with Gasteiger partial charge in [0.15, 0.2) is 0 Å². The molecule has 1 heterocycles. The first-order valence-electron chi connectivity index (χ1n) is 5.61. The number of amides is 1. The third kappa shape index (κ3) is 3.17. The highest BCUT2D eigenvalue weighted by atomic mass is 19.4. The SMILES string of the molecule is Cc1cc(OC(F)(F)F)ccc1N1CC(O)CC1=O. The Morgan fingerprint density at radius 2 is 2.11 bits per heavy atom. The van der Waals surface area contributed by atoms with Crippen LogP contribution >= 0.6 is 0 Å². The highest BCUT2D eigenvalue weighted by molar-refractivity contribution is 5.96. The molecule has 1 aromatic rings. The van der Waals surface area contributed by atoms with Crippen LogP contribution in [0, 0.1) is 6.92 Å². The van der Waals surface area contributed by atoms with Crippen LogP contribution in [0.5, 0.6) is 5.75 Å². The summed E-state index contributed by atoms with van der Waals surface area (Å²) in [7, 11) is 0. The molecule has 1 fully saturated rings. The predicted molar refractivity (Wildman–Crippen MR) is 60.8 cm³/mol. The molecule has 1 aliphatic rings. The molecule has 104 valence electrons. The fourth-order valence-electron chi connectivity index (χ4n) is 2.05. The number of rotatable bonds is 2. The summed E-state index contributed by atoms with van der Waals surface area (Å²) in [5.74, 6) is -0.582. The van der Waals surface area contributed by atoms with Crippen molar-refractivity contribution >= 4 is 11.6 Å². The zero-order valence-electron chi connectivity index (χ0n) is 10.1. The normalized spacial score (nSPS) is 19.9. The highest BCUT2D eigenvalue weighted by Crippen LogP contribution is 2.30. The summed E-state index contributed by atoms with van der Waals surface area (Å²) in [6, 6.07) is 3.74. The first-order valence-corrected chi connectivity index (χ1v) is 5.61. The molecule has 1 amide bonds. The lowest BCUT2D eigenvalue weighted by atomic mass is 10.1. The molecule has 7 heteroatoms. The van der Waals surface area contributed by atoms with Crippen molar-refractivity contribution in [1.29, 1.82) is 0 Å². The molecule has 0 saturated carbocycles. The molecule has 1 aliphatic heterocycles. The van der Waals surface area contributed by atoms with E-state index >= 15 is 0 Å². The van der Waals surface area contributed by atoms with Gasteiger partial charge in [0, 0.05) is 5.69 Å². The summed E-state index contributed by atoms with van der Waals surface area (Å²) in [6.45, 7) is 1.73. The van der Waals surface area contributed by atoms with Gasteiger partial charge in [-0.3, -0.25) is 4.79 Å². The lowest BCUT2D eigenvalue weighted by Crippen LogP contribution is -2.26. The topological polar surface area (TPSA) is 49.8 Å². The maximum atomic E-state index is 12.1. The van der Waals surface area contributed by atoms with Gasteiger partial charge in [-0.25, -0.2) is 0 Å². The number of carbonyl (C=O) groups excluding carboxylic acids is 1. The second-order valence-electron chi connectivity index (χ2n) is 4.36. The van der Waals surface area contributed by atoms with Crippen LogP contribution in [0.4, 0.5) is 18.9 Å². The maximum absolute atomic E-state index is 12.1. The Kier molecular flexibility index (Phi) is 3.40. The molecule has 1 saturated heterocycles. The average Bonchev–Trinajstić information content (AvgIpc) is 2.55. The Bertz CT molecular complexity index is 501. The van der Waals surface area contributed by atoms with Crippen LogP contribution in [-0.2, 0) is 4.79 Å². The van der Waals surface area contributed by atoms with Gasteiger partial charge in [-0.1, -0.05) is 0 Å². The number of nitrogens with zero attached hydrogens (tertiary/aromatic N) is 1. The largest absolute Gasteiger partial charge is 0.573 e. The van der Waals surface area contributed by atoms with E-state index in [4.69, 9.17) is 0 Å². The van der Waals surface area contributed by atoms with Crippen LogP contribution in [0.25, 0.3) is 0 Å². The molecule has 1 N–H and O–H groups in total. The van der Waals surface area contributed by atoms with E-state index in [0.29, 0.717) is 11.3 Å². The Morgan fingerprint density at radius 1 is 1.42 bits per heavy atom. The van der Waals surface area contributed by atoms with Gasteiger partial charge in [0.25, 0.3) is 0 Å². The van der Waals surface area contributed by atoms with Gasteiger partial charge in [0.2, 0.25) is 5.91 Å². The third-order valence-corrected chi connectivity index (χ3v) is 2.80. The smallest absolute Gasteiger partial charge is 0.406 e. The number of hydrogen-bond acceptors (Lipinski definition) is 3. The van der Waals surface area contributed by atoms with Crippen molar-refractivity contribution in [2.24, 2.45) is 0 Å². The summed E-state index contributed by atoms with van der Waals surface area (Å²) in [5.41, 5.74) is 0.959. The van der Waals surface area contributed by atoms with Crippen LogP contribution in [-0.4, -0.2) is 30.0 Å². The van der Waals surface area contributed by atoms with E-state index in [-0.39, 0.29) is 24.6 Å². The number of aliphatic hydroxyl groups excluding tert-OH is 1. The zero-order valence-corrected chi connectivity index (χ0v) is 10.1. The number of carbonyl (C=O) groups is 1. The third-order valence-electron chi connectivity index (χ3n) is 2.80. The second-order valence-corrected chi connectivity index (χ2v) is 4.36. The van der Waals surface area contributed by atoms with Crippen LogP contribution in [0.2, 0.25) is 0 Å². The van der Waals surface area contributed by atoms with E-state index < -0.39 is 12.5 Å². The monoisotopic (exact) mass is 275 g/mol. The minimum atomic E-state index is -4.74. The second kappa shape index (κ2) is 4.73. The van der Waals surface area contributed by atoms with Crippen molar-refractivity contribution in [3.63, 3.8) is 0 Å². The van der Waals surface area contributed by atoms with E-state index in [1.807, 2.05) is 0 Å². The number of benzene rings is 1. The van der Waals surface area contributed by atoms with Crippen molar-refractivity contribution < 1.29 is 27.8 Å². The van der Waals surface area contributed by atoms with Crippen molar-refractivity contribution in [2.45, 2.75) is 25.8 Å². The quantitative estimate of drug-likeness (QED) is 0.898. The van der Waals surface area contributed by atoms with E-state index in [2.05, 4.69) is 4.74 Å². The standard InChI is InChI=1S/C12H12F3NO3/c1-7-4-9(19-12(13,14)15)2-3-10(7)16-6-8(17)5-11(16)18/h2-4,8,17H,5-6H2,1H3. The van der Waals surface area contributed by atoms with Gasteiger partial charge in [0.05, 0.1) is 19.1 Å². The zero-order chi connectivity index (χ0) is 14.2. The molecular weight excluding hydrogens is 263 g/mol. The highest BCUT2D eigenvalue weighted by Gasteiger charge is 2.32. The summed E-state index contributed by atoms with van der Waals surface area (Å²) >= 11 is 0. The number of halogens is 3. The number of ether oxygens (including phenoxy) is 1. The fourth-order valence-corrected chi connectivity index (χ4v) is 2.05. The minimum absolute atomic E-state index is 0.0280. The number of aryl methyl sites for hydroxylation is 1. The van der Waals surface area contributed by atoms with Gasteiger partial charge in [-0.15, -0.1) is 13.2 Å². The molecule has 0 spiro atoms. The lowest BCUT2D eigenvalue weighted by molar-refractivity contribution is -0.274. The Labute approximate surface area is 107 Å². The van der Waals surface area contributed by atoms with E-state index in [1.54, 1.807) is 6.92 Å². The minimum Gasteiger partial charge on any atom is -0.406 e. The van der Waals surface area contributed by atoms with Gasteiger partial charge < -0.3 is 14.7 Å². The number of hydrogen-bond donors (Lipinski definition) is 1. The Hall–Kier alpha value is -1.76. The molecule has 1 atom stereocenters. The number of aliphatic hydroxyl groups is 1. The molecule has 0 bridgehead atoms. The van der Waals surface area contributed by atoms with E-state index in [0.717, 1.165) is 6.07 Å². The van der Waals surface area contributed by atoms with Gasteiger partial charge in [-0.05, 0) is 30.7 Å². The van der Waals surface area contributed by atoms with Gasteiger partial charge >= 0.3 is 6.36 Å². The fraction of sp³-hybridized carbons (Fsp3) is 0.417. The van der Waals surface area contributed by atoms with E-state index in [9.17, 15) is 23.1 Å². The Morgan fingerprint density at radius 3 is 2.58 bits per heavy atom. The average molecular weight is 275 g/mol. The molecule has 19 heavy (non-hydrogen) atoms. The lowest BCUT2D eigenvalue weighted by Gasteiger charge is -2.19.